The molecule has 1 fully saturated rings. The van der Waals surface area contributed by atoms with Gasteiger partial charge in [0.15, 0.2) is 0 Å². The topological polar surface area (TPSA) is 74.7 Å². The molecular weight excluding hydrogens is 263 g/mol. The number of hydrogen-bond donors (Lipinski definition) is 1. The number of halogens is 3. The van der Waals surface area contributed by atoms with Gasteiger partial charge in [0, 0.05) is 6.04 Å². The summed E-state index contributed by atoms with van der Waals surface area (Å²) in [4.78, 5) is 10.5. The van der Waals surface area contributed by atoms with Crippen LogP contribution in [0.2, 0.25) is 0 Å². The Kier molecular flexibility index (Phi) is 4.03. The minimum Gasteiger partial charge on any atom is -0.480 e. The van der Waals surface area contributed by atoms with Crippen LogP contribution in [-0.2, 0) is 14.8 Å². The highest BCUT2D eigenvalue weighted by Crippen LogP contribution is 2.33. The Morgan fingerprint density at radius 2 is 1.76 bits per heavy atom. The van der Waals surface area contributed by atoms with Crippen molar-refractivity contribution in [3.8, 4) is 0 Å². The van der Waals surface area contributed by atoms with Gasteiger partial charge in [-0.25, -0.2) is 8.42 Å². The average Bonchev–Trinajstić information content (AvgIpc) is 2.64. The first kappa shape index (κ1) is 14.2. The molecule has 0 bridgehead atoms. The van der Waals surface area contributed by atoms with E-state index >= 15 is 0 Å². The molecule has 1 rings (SSSR count). The third-order valence-corrected chi connectivity index (χ3v) is 4.25. The van der Waals surface area contributed by atoms with Crippen LogP contribution < -0.4 is 0 Å². The number of carboxylic acid groups (broad SMARTS) is 1. The molecule has 0 spiro atoms. The molecule has 100 valence electrons. The Bertz CT molecular complexity index is 386. The lowest BCUT2D eigenvalue weighted by molar-refractivity contribution is -0.137. The highest BCUT2D eigenvalue weighted by molar-refractivity contribution is 7.90. The second-order valence-corrected chi connectivity index (χ2v) is 5.71. The summed E-state index contributed by atoms with van der Waals surface area (Å²) in [5.41, 5.74) is -5.45. The number of aliphatic carboxylic acids is 1. The lowest BCUT2D eigenvalue weighted by Crippen LogP contribution is -2.48. The zero-order valence-electron chi connectivity index (χ0n) is 8.77. The van der Waals surface area contributed by atoms with Gasteiger partial charge >= 0.3 is 21.5 Å². The molecule has 1 saturated carbocycles. The molecule has 0 radical (unpaired) electrons. The Morgan fingerprint density at radius 3 is 2.12 bits per heavy atom. The molecule has 0 unspecified atom stereocenters. The first-order valence-corrected chi connectivity index (χ1v) is 6.40. The highest BCUT2D eigenvalue weighted by Gasteiger charge is 2.52. The Labute approximate surface area is 96.3 Å². The van der Waals surface area contributed by atoms with Gasteiger partial charge in [-0.05, 0) is 12.8 Å². The van der Waals surface area contributed by atoms with E-state index in [1.54, 1.807) is 0 Å². The van der Waals surface area contributed by atoms with Crippen molar-refractivity contribution < 1.29 is 31.5 Å². The van der Waals surface area contributed by atoms with Gasteiger partial charge in [-0.1, -0.05) is 12.8 Å². The van der Waals surface area contributed by atoms with E-state index in [0.717, 1.165) is 0 Å². The van der Waals surface area contributed by atoms with Crippen LogP contribution in [0.3, 0.4) is 0 Å². The normalized spacial score (nSPS) is 18.8. The lowest BCUT2D eigenvalue weighted by atomic mass is 10.2. The quantitative estimate of drug-likeness (QED) is 0.835. The van der Waals surface area contributed by atoms with Crippen molar-refractivity contribution in [2.24, 2.45) is 0 Å². The van der Waals surface area contributed by atoms with E-state index in [-0.39, 0.29) is 17.1 Å². The van der Waals surface area contributed by atoms with Gasteiger partial charge < -0.3 is 5.11 Å². The molecule has 0 heterocycles. The number of carboxylic acids is 1. The van der Waals surface area contributed by atoms with Gasteiger partial charge in [0.2, 0.25) is 0 Å². The van der Waals surface area contributed by atoms with E-state index < -0.39 is 34.1 Å². The van der Waals surface area contributed by atoms with Crippen molar-refractivity contribution in [2.45, 2.75) is 37.2 Å². The number of hydrogen-bond acceptors (Lipinski definition) is 3. The molecule has 0 aromatic heterocycles. The van der Waals surface area contributed by atoms with Gasteiger partial charge in [-0.2, -0.15) is 17.5 Å². The van der Waals surface area contributed by atoms with Crippen LogP contribution in [0.5, 0.6) is 0 Å². The Hall–Kier alpha value is -0.830. The first-order valence-electron chi connectivity index (χ1n) is 4.96. The van der Waals surface area contributed by atoms with E-state index in [2.05, 4.69) is 0 Å². The fraction of sp³-hybridized carbons (Fsp3) is 0.875. The van der Waals surface area contributed by atoms with Gasteiger partial charge in [0.05, 0.1) is 0 Å². The molecular formula is C8H12F3NO4S. The van der Waals surface area contributed by atoms with E-state index in [9.17, 15) is 26.4 Å². The average molecular weight is 275 g/mol. The molecule has 1 N–H and O–H groups in total. The maximum absolute atomic E-state index is 12.4. The van der Waals surface area contributed by atoms with Crippen LogP contribution in [0.25, 0.3) is 0 Å². The zero-order valence-corrected chi connectivity index (χ0v) is 9.59. The monoisotopic (exact) mass is 275 g/mol. The number of rotatable bonds is 4. The van der Waals surface area contributed by atoms with Crippen LogP contribution >= 0.6 is 0 Å². The number of sulfonamides is 1. The van der Waals surface area contributed by atoms with Crippen LogP contribution in [-0.4, -0.2) is 41.9 Å². The predicted octanol–water partition coefficient (Wildman–Crippen LogP) is 1.17. The molecule has 0 saturated heterocycles. The molecule has 17 heavy (non-hydrogen) atoms. The largest absolute Gasteiger partial charge is 0.511 e. The molecule has 0 aromatic carbocycles. The maximum Gasteiger partial charge on any atom is 0.511 e. The summed E-state index contributed by atoms with van der Waals surface area (Å²) in [7, 11) is -5.56. The van der Waals surface area contributed by atoms with Crippen LogP contribution in [0.4, 0.5) is 13.2 Å². The minimum absolute atomic E-state index is 0.0579. The molecule has 0 aromatic rings. The van der Waals surface area contributed by atoms with E-state index in [4.69, 9.17) is 5.11 Å². The van der Waals surface area contributed by atoms with Crippen molar-refractivity contribution >= 4 is 16.0 Å². The van der Waals surface area contributed by atoms with Crippen LogP contribution in [0.1, 0.15) is 25.7 Å². The summed E-state index contributed by atoms with van der Waals surface area (Å²) in [5.74, 6) is -1.59. The fourth-order valence-corrected chi connectivity index (χ4v) is 3.02. The Balaban J connectivity index is 3.01. The van der Waals surface area contributed by atoms with Crippen LogP contribution in [0.15, 0.2) is 0 Å². The van der Waals surface area contributed by atoms with Gasteiger partial charge in [-0.3, -0.25) is 4.79 Å². The van der Waals surface area contributed by atoms with Crippen molar-refractivity contribution in [2.75, 3.05) is 6.54 Å². The van der Waals surface area contributed by atoms with E-state index in [1.807, 2.05) is 0 Å². The molecule has 1 aliphatic rings. The number of carbonyl (C=O) groups is 1. The van der Waals surface area contributed by atoms with Gasteiger partial charge in [0.25, 0.3) is 0 Å². The fourth-order valence-electron chi connectivity index (χ4n) is 1.87. The number of nitrogens with zero attached hydrogens (tertiary/aromatic N) is 1. The second-order valence-electron chi connectivity index (χ2n) is 3.83. The predicted molar refractivity (Wildman–Crippen MR) is 51.6 cm³/mol. The van der Waals surface area contributed by atoms with Gasteiger partial charge in [-0.15, -0.1) is 0 Å². The van der Waals surface area contributed by atoms with Crippen molar-refractivity contribution in [1.82, 2.24) is 4.31 Å². The zero-order chi connectivity index (χ0) is 13.3. The summed E-state index contributed by atoms with van der Waals surface area (Å²) in [6.45, 7) is -1.15. The molecule has 9 heteroatoms. The van der Waals surface area contributed by atoms with Gasteiger partial charge in [0.1, 0.15) is 6.54 Å². The second kappa shape index (κ2) is 4.81. The van der Waals surface area contributed by atoms with E-state index in [0.29, 0.717) is 12.8 Å². The molecule has 5 nitrogen and oxygen atoms in total. The molecule has 0 amide bonds. The first-order chi connectivity index (χ1) is 7.66. The molecule has 0 atom stereocenters. The smallest absolute Gasteiger partial charge is 0.480 e. The standard InChI is InChI=1S/C8H12F3NO4S/c9-8(10,11)17(15,16)12(5-7(13)14)6-3-1-2-4-6/h6H,1-5H2,(H,13,14). The summed E-state index contributed by atoms with van der Waals surface area (Å²) >= 11 is 0. The summed E-state index contributed by atoms with van der Waals surface area (Å²) < 4.78 is 59.6. The summed E-state index contributed by atoms with van der Waals surface area (Å²) in [6, 6.07) is -0.863. The highest BCUT2D eigenvalue weighted by atomic mass is 32.2. The molecule has 0 aliphatic heterocycles. The van der Waals surface area contributed by atoms with Crippen LogP contribution in [0, 0.1) is 0 Å². The molecule has 1 aliphatic carbocycles. The Morgan fingerprint density at radius 1 is 1.29 bits per heavy atom. The maximum atomic E-state index is 12.4. The minimum atomic E-state index is -5.56. The third kappa shape index (κ3) is 3.09. The lowest BCUT2D eigenvalue weighted by Gasteiger charge is -2.27. The SMILES string of the molecule is O=C(O)CN(C1CCCC1)S(=O)(=O)C(F)(F)F. The van der Waals surface area contributed by atoms with Crippen molar-refractivity contribution in [3.05, 3.63) is 0 Å². The van der Waals surface area contributed by atoms with Crippen molar-refractivity contribution in [3.63, 3.8) is 0 Å². The van der Waals surface area contributed by atoms with E-state index in [1.165, 1.54) is 0 Å². The number of alkyl halides is 3. The summed E-state index contributed by atoms with van der Waals surface area (Å²) in [5, 5.41) is 8.50. The van der Waals surface area contributed by atoms with Crippen molar-refractivity contribution in [1.29, 1.82) is 0 Å². The third-order valence-electron chi connectivity index (χ3n) is 2.62. The summed E-state index contributed by atoms with van der Waals surface area (Å²) in [6.07, 6.45) is 1.74.